The zero-order chi connectivity index (χ0) is 36.9. The van der Waals surface area contributed by atoms with Crippen molar-refractivity contribution in [3.63, 3.8) is 0 Å². The molecule has 4 atom stereocenters. The highest BCUT2D eigenvalue weighted by atomic mass is 31.1. The molecule has 2 heterocycles. The molecule has 2 aliphatic rings. The number of hydrogen-bond donors (Lipinski definition) is 0. The molecule has 0 nitrogen and oxygen atoms in total. The molecule has 8 aromatic rings. The second-order valence-corrected chi connectivity index (χ2v) is 23.9. The van der Waals surface area contributed by atoms with Crippen LogP contribution < -0.4 is 0 Å². The van der Waals surface area contributed by atoms with Crippen molar-refractivity contribution in [3.05, 3.63) is 168 Å². The van der Waals surface area contributed by atoms with Crippen LogP contribution in [0.25, 0.3) is 65.3 Å². The van der Waals surface area contributed by atoms with Gasteiger partial charge in [-0.3, -0.25) is 0 Å². The molecule has 8 aromatic carbocycles. The molecule has 0 saturated carbocycles. The van der Waals surface area contributed by atoms with Crippen LogP contribution in [0.3, 0.4) is 0 Å². The summed E-state index contributed by atoms with van der Waals surface area (Å²) in [6, 6.07) is 56.5. The number of rotatable bonds is 1. The molecular weight excluding hydrogens is 687 g/mol. The number of benzene rings is 8. The predicted molar refractivity (Wildman–Crippen MR) is 240 cm³/mol. The standard InChI is InChI=1S/C52H48P2/c1-51(2,3)53-31-37-25-23-33-15-7-11-19-39(33)45(37)47-41-21-13-9-17-35(41)27-29-43(47)49(53)50-44-30-28-36-18-10-14-22-42(36)48(44)46-38(32-54(50)52(4,5)6)26-24-34-16-8-12-20-40(34)46/h7-30,49-50H,31-32H2,1-6H3/t49?,50?,53-,54-/m0/s1. The average molecular weight is 735 g/mol. The molecule has 0 radical (unpaired) electrons. The second kappa shape index (κ2) is 12.6. The SMILES string of the molecule is CC(C)(C)[P@@]1Cc2ccc3ccccc3c2-c2c(ccc3ccccc23)C1C1c2ccc3ccccc3c2-c2c(ccc3ccccc23)C[P@]1C(C)(C)C. The van der Waals surface area contributed by atoms with Gasteiger partial charge in [0.1, 0.15) is 0 Å². The number of fused-ring (bicyclic) bond motifs is 14. The highest BCUT2D eigenvalue weighted by molar-refractivity contribution is 7.63. The van der Waals surface area contributed by atoms with Crippen molar-refractivity contribution in [1.82, 2.24) is 0 Å². The lowest BCUT2D eigenvalue weighted by Gasteiger charge is -2.48. The summed E-state index contributed by atoms with van der Waals surface area (Å²) < 4.78 is 0. The van der Waals surface area contributed by atoms with Crippen molar-refractivity contribution in [2.75, 3.05) is 0 Å². The van der Waals surface area contributed by atoms with E-state index in [1.807, 2.05) is 0 Å². The number of hydrogen-bond acceptors (Lipinski definition) is 0. The van der Waals surface area contributed by atoms with Gasteiger partial charge in [-0.05, 0) is 110 Å². The van der Waals surface area contributed by atoms with E-state index in [0.717, 1.165) is 12.3 Å². The van der Waals surface area contributed by atoms with Gasteiger partial charge in [0.05, 0.1) is 0 Å². The van der Waals surface area contributed by atoms with Gasteiger partial charge >= 0.3 is 0 Å². The van der Waals surface area contributed by atoms with Crippen LogP contribution in [0.2, 0.25) is 0 Å². The van der Waals surface area contributed by atoms with E-state index in [9.17, 15) is 0 Å². The molecule has 0 amide bonds. The Morgan fingerprint density at radius 1 is 0.352 bits per heavy atom. The second-order valence-electron chi connectivity index (χ2n) is 17.6. The van der Waals surface area contributed by atoms with Crippen molar-refractivity contribution in [3.8, 4) is 22.3 Å². The molecule has 2 heteroatoms. The van der Waals surface area contributed by atoms with Crippen molar-refractivity contribution < 1.29 is 0 Å². The Bertz CT molecular complexity index is 2580. The summed E-state index contributed by atoms with van der Waals surface area (Å²) in [4.78, 5) is 0. The highest BCUT2D eigenvalue weighted by Crippen LogP contribution is 2.79. The summed E-state index contributed by atoms with van der Waals surface area (Å²) in [5.41, 5.74) is 12.8. The third-order valence-electron chi connectivity index (χ3n) is 12.5. The lowest BCUT2D eigenvalue weighted by Crippen LogP contribution is -2.25. The minimum atomic E-state index is -0.557. The van der Waals surface area contributed by atoms with Crippen molar-refractivity contribution in [2.45, 2.75) is 75.5 Å². The summed E-state index contributed by atoms with van der Waals surface area (Å²) in [6.45, 7) is 15.3. The first-order valence-corrected chi connectivity index (χ1v) is 22.9. The molecular formula is C52H48P2. The van der Waals surface area contributed by atoms with E-state index in [-0.39, 0.29) is 10.3 Å². The monoisotopic (exact) mass is 734 g/mol. The van der Waals surface area contributed by atoms with Crippen LogP contribution >= 0.6 is 15.8 Å². The van der Waals surface area contributed by atoms with Crippen molar-refractivity contribution >= 4 is 58.9 Å². The molecule has 0 aliphatic carbocycles. The minimum absolute atomic E-state index is 0.123. The van der Waals surface area contributed by atoms with Crippen LogP contribution in [-0.4, -0.2) is 10.3 Å². The van der Waals surface area contributed by atoms with Crippen molar-refractivity contribution in [2.24, 2.45) is 0 Å². The van der Waals surface area contributed by atoms with Crippen LogP contribution in [0.1, 0.15) is 75.1 Å². The molecule has 0 aromatic heterocycles. The minimum Gasteiger partial charge on any atom is -0.0880 e. The van der Waals surface area contributed by atoms with Crippen LogP contribution in [0.15, 0.2) is 146 Å². The maximum atomic E-state index is 2.59. The fourth-order valence-electron chi connectivity index (χ4n) is 10.0. The molecule has 2 aliphatic heterocycles. The average Bonchev–Trinajstić information content (AvgIpc) is 3.43. The van der Waals surface area contributed by atoms with Crippen LogP contribution in [0.5, 0.6) is 0 Å². The summed E-state index contributed by atoms with van der Waals surface area (Å²) in [7, 11) is -1.11. The van der Waals surface area contributed by atoms with Gasteiger partial charge < -0.3 is 0 Å². The van der Waals surface area contributed by atoms with E-state index in [2.05, 4.69) is 187 Å². The van der Waals surface area contributed by atoms with Gasteiger partial charge in [-0.15, -0.1) is 0 Å². The lowest BCUT2D eigenvalue weighted by atomic mass is 9.83. The molecule has 0 spiro atoms. The van der Waals surface area contributed by atoms with E-state index in [0.29, 0.717) is 11.3 Å². The maximum absolute atomic E-state index is 2.59. The van der Waals surface area contributed by atoms with Gasteiger partial charge in [0.25, 0.3) is 0 Å². The van der Waals surface area contributed by atoms with E-state index < -0.39 is 15.8 Å². The molecule has 0 fully saturated rings. The Morgan fingerprint density at radius 2 is 0.648 bits per heavy atom. The van der Waals surface area contributed by atoms with Gasteiger partial charge in [-0.2, -0.15) is 0 Å². The quantitative estimate of drug-likeness (QED) is 0.147. The third-order valence-corrected chi connectivity index (χ3v) is 20.0. The maximum Gasteiger partial charge on any atom is 0.0165 e. The van der Waals surface area contributed by atoms with Gasteiger partial charge in [-0.1, -0.05) is 203 Å². The van der Waals surface area contributed by atoms with E-state index >= 15 is 0 Å². The van der Waals surface area contributed by atoms with E-state index in [4.69, 9.17) is 0 Å². The Hall–Kier alpha value is -4.34. The Balaban J connectivity index is 1.38. The lowest BCUT2D eigenvalue weighted by molar-refractivity contribution is 0.723. The predicted octanol–water partition coefficient (Wildman–Crippen LogP) is 16.0. The molecule has 0 bridgehead atoms. The molecule has 10 rings (SSSR count). The normalized spacial score (nSPS) is 19.9. The van der Waals surface area contributed by atoms with Gasteiger partial charge in [0.2, 0.25) is 0 Å². The van der Waals surface area contributed by atoms with Crippen molar-refractivity contribution in [1.29, 1.82) is 0 Å². The van der Waals surface area contributed by atoms with Crippen LogP contribution in [-0.2, 0) is 12.3 Å². The molecule has 0 N–H and O–H groups in total. The molecule has 54 heavy (non-hydrogen) atoms. The zero-order valence-corrected chi connectivity index (χ0v) is 34.1. The fraction of sp³-hybridized carbons (Fsp3) is 0.231. The first-order valence-electron chi connectivity index (χ1n) is 19.7. The van der Waals surface area contributed by atoms with Crippen LogP contribution in [0, 0.1) is 0 Å². The highest BCUT2D eigenvalue weighted by Gasteiger charge is 2.48. The van der Waals surface area contributed by atoms with E-state index in [1.54, 1.807) is 11.1 Å². The summed E-state index contributed by atoms with van der Waals surface area (Å²) >= 11 is 0. The summed E-state index contributed by atoms with van der Waals surface area (Å²) in [5.74, 6) is 0. The largest absolute Gasteiger partial charge is 0.0880 e. The third kappa shape index (κ3) is 5.32. The van der Waals surface area contributed by atoms with E-state index in [1.165, 1.54) is 76.5 Å². The Labute approximate surface area is 323 Å². The zero-order valence-electron chi connectivity index (χ0n) is 32.3. The molecule has 266 valence electrons. The topological polar surface area (TPSA) is 0 Å². The molecule has 0 saturated heterocycles. The Kier molecular flexibility index (Phi) is 7.97. The van der Waals surface area contributed by atoms with Gasteiger partial charge in [0, 0.05) is 11.3 Å². The molecule has 2 unspecified atom stereocenters. The van der Waals surface area contributed by atoms with Gasteiger partial charge in [-0.25, -0.2) is 0 Å². The van der Waals surface area contributed by atoms with Gasteiger partial charge in [0.15, 0.2) is 0 Å². The van der Waals surface area contributed by atoms with Crippen LogP contribution in [0.4, 0.5) is 0 Å². The first kappa shape index (κ1) is 34.2. The smallest absolute Gasteiger partial charge is 0.0165 e. The summed E-state index contributed by atoms with van der Waals surface area (Å²) in [6.07, 6.45) is 2.24. The summed E-state index contributed by atoms with van der Waals surface area (Å²) in [5, 5.41) is 11.1. The Morgan fingerprint density at radius 3 is 0.981 bits per heavy atom. The first-order chi connectivity index (χ1) is 26.1. The fourth-order valence-corrected chi connectivity index (χ4v) is 17.3.